The van der Waals surface area contributed by atoms with Crippen LogP contribution in [0.1, 0.15) is 31.9 Å². The molecule has 208 valence electrons. The highest BCUT2D eigenvalue weighted by Crippen LogP contribution is 2.39. The van der Waals surface area contributed by atoms with Crippen LogP contribution in [0.5, 0.6) is 5.75 Å². The number of imidazole rings is 1. The van der Waals surface area contributed by atoms with Crippen LogP contribution in [0.2, 0.25) is 19.6 Å². The molecule has 0 bridgehead atoms. The lowest BCUT2D eigenvalue weighted by Crippen LogP contribution is -2.21. The summed E-state index contributed by atoms with van der Waals surface area (Å²) in [6, 6.07) is 31.2. The molecule has 0 amide bonds. The van der Waals surface area contributed by atoms with Crippen molar-refractivity contribution in [1.82, 2.24) is 9.55 Å². The number of rotatable bonds is 7. The van der Waals surface area contributed by atoms with Crippen molar-refractivity contribution in [3.05, 3.63) is 126 Å². The average Bonchev–Trinajstić information content (AvgIpc) is 3.32. The van der Waals surface area contributed by atoms with Gasteiger partial charge in [-0.25, -0.2) is 4.98 Å². The molecular formula is C37H40N2OSi. The predicted molar refractivity (Wildman–Crippen MR) is 178 cm³/mol. The fourth-order valence-corrected chi connectivity index (χ4v) is 5.60. The van der Waals surface area contributed by atoms with Crippen LogP contribution in [0, 0.1) is 0 Å². The van der Waals surface area contributed by atoms with Crippen LogP contribution in [-0.4, -0.2) is 22.7 Å². The first-order valence-electron chi connectivity index (χ1n) is 14.3. The van der Waals surface area contributed by atoms with Crippen LogP contribution < -0.4 is 0 Å². The van der Waals surface area contributed by atoms with Crippen molar-refractivity contribution in [1.29, 1.82) is 0 Å². The highest BCUT2D eigenvalue weighted by molar-refractivity contribution is 6.83. The van der Waals surface area contributed by atoms with E-state index >= 15 is 0 Å². The summed E-state index contributed by atoms with van der Waals surface area (Å²) in [4.78, 5) is 5.24. The Morgan fingerprint density at radius 3 is 2.32 bits per heavy atom. The van der Waals surface area contributed by atoms with Crippen molar-refractivity contribution in [3.63, 3.8) is 0 Å². The lowest BCUT2D eigenvalue weighted by Gasteiger charge is -2.20. The molecule has 5 rings (SSSR count). The summed E-state index contributed by atoms with van der Waals surface area (Å²) in [5, 5.41) is 12.3. The van der Waals surface area contributed by atoms with Crippen LogP contribution in [0.25, 0.3) is 39.2 Å². The molecule has 3 nitrogen and oxygen atoms in total. The van der Waals surface area contributed by atoms with Gasteiger partial charge in [0.15, 0.2) is 0 Å². The summed E-state index contributed by atoms with van der Waals surface area (Å²) in [6.07, 6.45) is 5.28. The standard InChI is InChI=1S/C37H40N2OSi/c1-26(41(5,6)7)14-11-15-27-16-12-17-28(24-27)31-20-13-21-33-35(31)38-36(39(33)30-18-9-8-10-19-30)32-25-29(37(2,3)4)22-23-34(32)40/h8-14,16-25,40H,1,15H2,2-7H3/b14-11-. The summed E-state index contributed by atoms with van der Waals surface area (Å²) in [7, 11) is -1.38. The molecule has 0 unspecified atom stereocenters. The highest BCUT2D eigenvalue weighted by atomic mass is 28.3. The summed E-state index contributed by atoms with van der Waals surface area (Å²) < 4.78 is 2.16. The zero-order valence-corrected chi connectivity index (χ0v) is 26.1. The second kappa shape index (κ2) is 11.0. The normalized spacial score (nSPS) is 12.3. The molecule has 41 heavy (non-hydrogen) atoms. The summed E-state index contributed by atoms with van der Waals surface area (Å²) in [5.74, 6) is 0.951. The Morgan fingerprint density at radius 2 is 1.61 bits per heavy atom. The van der Waals surface area contributed by atoms with Gasteiger partial charge in [-0.3, -0.25) is 4.57 Å². The lowest BCUT2D eigenvalue weighted by molar-refractivity contribution is 0.475. The fourth-order valence-electron chi connectivity index (χ4n) is 4.99. The van der Waals surface area contributed by atoms with Crippen molar-refractivity contribution in [2.75, 3.05) is 0 Å². The molecule has 0 saturated carbocycles. The molecule has 0 aliphatic heterocycles. The zero-order valence-electron chi connectivity index (χ0n) is 25.1. The van der Waals surface area contributed by atoms with Gasteiger partial charge in [0.25, 0.3) is 0 Å². The maximum Gasteiger partial charge on any atom is 0.149 e. The van der Waals surface area contributed by atoms with E-state index in [1.807, 2.05) is 24.3 Å². The first-order valence-corrected chi connectivity index (χ1v) is 17.8. The van der Waals surface area contributed by atoms with Crippen molar-refractivity contribution < 1.29 is 5.11 Å². The van der Waals surface area contributed by atoms with E-state index in [0.29, 0.717) is 0 Å². The number of allylic oxidation sites excluding steroid dienone is 3. The SMILES string of the molecule is C=C(/C=C\Cc1cccc(-c2cccc3c2nc(-c2cc(C(C)(C)C)ccc2O)n3-c2ccccc2)c1)[Si](C)(C)C. The molecule has 5 aromatic rings. The van der Waals surface area contributed by atoms with Crippen molar-refractivity contribution in [2.45, 2.75) is 52.2 Å². The number of para-hydroxylation sites is 2. The number of phenolic OH excluding ortho intramolecular Hbond substituents is 1. The largest absolute Gasteiger partial charge is 0.507 e. The molecule has 1 N–H and O–H groups in total. The van der Waals surface area contributed by atoms with Gasteiger partial charge in [0.05, 0.1) is 24.7 Å². The minimum atomic E-state index is -1.38. The van der Waals surface area contributed by atoms with E-state index in [2.05, 4.69) is 124 Å². The van der Waals surface area contributed by atoms with E-state index in [0.717, 1.165) is 51.2 Å². The van der Waals surface area contributed by atoms with E-state index in [4.69, 9.17) is 4.98 Å². The number of nitrogens with zero attached hydrogens (tertiary/aromatic N) is 2. The Hall–Kier alpha value is -4.15. The lowest BCUT2D eigenvalue weighted by atomic mass is 9.86. The predicted octanol–water partition coefficient (Wildman–Crippen LogP) is 9.89. The molecule has 0 saturated heterocycles. The number of phenols is 1. The molecule has 4 aromatic carbocycles. The summed E-state index contributed by atoms with van der Waals surface area (Å²) in [5.41, 5.74) is 8.17. The smallest absolute Gasteiger partial charge is 0.149 e. The van der Waals surface area contributed by atoms with Gasteiger partial charge in [-0.15, -0.1) is 0 Å². The van der Waals surface area contributed by atoms with Crippen LogP contribution in [0.3, 0.4) is 0 Å². The Labute approximate surface area is 245 Å². The minimum Gasteiger partial charge on any atom is -0.507 e. The molecule has 0 fully saturated rings. The fraction of sp³-hybridized carbons (Fsp3) is 0.216. The number of fused-ring (bicyclic) bond motifs is 1. The van der Waals surface area contributed by atoms with Crippen molar-refractivity contribution in [3.8, 4) is 34.0 Å². The molecule has 0 aliphatic rings. The third-order valence-electron chi connectivity index (χ3n) is 7.68. The number of aromatic hydroxyl groups is 1. The molecule has 0 spiro atoms. The van der Waals surface area contributed by atoms with Crippen LogP contribution in [0.4, 0.5) is 0 Å². The highest BCUT2D eigenvalue weighted by Gasteiger charge is 2.22. The second-order valence-electron chi connectivity index (χ2n) is 12.8. The zero-order chi connectivity index (χ0) is 29.4. The maximum atomic E-state index is 11.1. The first-order chi connectivity index (χ1) is 19.4. The summed E-state index contributed by atoms with van der Waals surface area (Å²) >= 11 is 0. The van der Waals surface area contributed by atoms with E-state index in [1.165, 1.54) is 10.8 Å². The molecule has 0 aliphatic carbocycles. The number of hydrogen-bond donors (Lipinski definition) is 1. The Kier molecular flexibility index (Phi) is 7.63. The van der Waals surface area contributed by atoms with Crippen LogP contribution in [-0.2, 0) is 11.8 Å². The number of benzene rings is 4. The monoisotopic (exact) mass is 556 g/mol. The quantitative estimate of drug-likeness (QED) is 0.160. The third-order valence-corrected chi connectivity index (χ3v) is 9.77. The van der Waals surface area contributed by atoms with E-state index in [1.54, 1.807) is 6.07 Å². The Morgan fingerprint density at radius 1 is 0.878 bits per heavy atom. The van der Waals surface area contributed by atoms with Gasteiger partial charge in [-0.05, 0) is 58.9 Å². The minimum absolute atomic E-state index is 0.0620. The molecule has 0 atom stereocenters. The first kappa shape index (κ1) is 28.4. The molecule has 4 heteroatoms. The van der Waals surface area contributed by atoms with Crippen LogP contribution in [0.15, 0.2) is 115 Å². The third kappa shape index (κ3) is 5.98. The Balaban J connectivity index is 1.66. The van der Waals surface area contributed by atoms with Crippen molar-refractivity contribution in [2.24, 2.45) is 0 Å². The van der Waals surface area contributed by atoms with Gasteiger partial charge < -0.3 is 5.11 Å². The number of aromatic nitrogens is 2. The van der Waals surface area contributed by atoms with Gasteiger partial charge in [0.2, 0.25) is 0 Å². The second-order valence-corrected chi connectivity index (χ2v) is 18.0. The van der Waals surface area contributed by atoms with Gasteiger partial charge in [0, 0.05) is 11.3 Å². The molecule has 1 aromatic heterocycles. The molecule has 1 heterocycles. The van der Waals surface area contributed by atoms with E-state index < -0.39 is 8.07 Å². The van der Waals surface area contributed by atoms with Gasteiger partial charge in [-0.2, -0.15) is 0 Å². The van der Waals surface area contributed by atoms with Crippen molar-refractivity contribution >= 4 is 19.1 Å². The molecular weight excluding hydrogens is 517 g/mol. The Bertz CT molecular complexity index is 1750. The van der Waals surface area contributed by atoms with E-state index in [-0.39, 0.29) is 11.2 Å². The average molecular weight is 557 g/mol. The maximum absolute atomic E-state index is 11.1. The molecule has 0 radical (unpaired) electrons. The number of hydrogen-bond acceptors (Lipinski definition) is 2. The van der Waals surface area contributed by atoms with Gasteiger partial charge in [0.1, 0.15) is 11.6 Å². The van der Waals surface area contributed by atoms with E-state index in [9.17, 15) is 5.11 Å². The van der Waals surface area contributed by atoms with Gasteiger partial charge in [-0.1, -0.05) is 125 Å². The summed E-state index contributed by atoms with van der Waals surface area (Å²) in [6.45, 7) is 17.8. The topological polar surface area (TPSA) is 38.1 Å². The van der Waals surface area contributed by atoms with Gasteiger partial charge >= 0.3 is 0 Å². The van der Waals surface area contributed by atoms with Crippen LogP contribution >= 0.6 is 0 Å².